The molecule has 0 bridgehead atoms. The van der Waals surface area contributed by atoms with Crippen molar-refractivity contribution in [2.75, 3.05) is 0 Å². The molecule has 23 heavy (non-hydrogen) atoms. The van der Waals surface area contributed by atoms with Crippen LogP contribution in [-0.2, 0) is 11.2 Å². The summed E-state index contributed by atoms with van der Waals surface area (Å²) in [5, 5.41) is 10.7. The highest BCUT2D eigenvalue weighted by molar-refractivity contribution is 5.88. The van der Waals surface area contributed by atoms with Crippen molar-refractivity contribution < 1.29 is 4.79 Å². The number of carbonyl (C=O) groups is 1. The Labute approximate surface area is 133 Å². The van der Waals surface area contributed by atoms with Crippen molar-refractivity contribution in [1.29, 1.82) is 0 Å². The summed E-state index contributed by atoms with van der Waals surface area (Å²) >= 11 is 0. The molecule has 2 aromatic carbocycles. The molecule has 0 aliphatic heterocycles. The summed E-state index contributed by atoms with van der Waals surface area (Å²) in [6.07, 6.45) is 0.120. The van der Waals surface area contributed by atoms with Crippen LogP contribution >= 0.6 is 0 Å². The second kappa shape index (κ2) is 6.44. The first kappa shape index (κ1) is 15.0. The van der Waals surface area contributed by atoms with Crippen molar-refractivity contribution in [3.63, 3.8) is 0 Å². The van der Waals surface area contributed by atoms with E-state index in [2.05, 4.69) is 15.5 Å². The minimum Gasteiger partial charge on any atom is -0.349 e. The summed E-state index contributed by atoms with van der Waals surface area (Å²) < 4.78 is 0. The summed E-state index contributed by atoms with van der Waals surface area (Å²) in [6, 6.07) is 16.8. The van der Waals surface area contributed by atoms with Crippen molar-refractivity contribution in [2.24, 2.45) is 0 Å². The van der Waals surface area contributed by atoms with Gasteiger partial charge in [0.15, 0.2) is 0 Å². The number of fused-ring (bicyclic) bond motifs is 1. The van der Waals surface area contributed by atoms with E-state index >= 15 is 0 Å². The minimum atomic E-state index is -0.248. The summed E-state index contributed by atoms with van der Waals surface area (Å²) in [7, 11) is 0. The molecule has 1 unspecified atom stereocenters. The fourth-order valence-electron chi connectivity index (χ4n) is 2.58. The Morgan fingerprint density at radius 1 is 1.09 bits per heavy atom. The predicted octanol–water partition coefficient (Wildman–Crippen LogP) is 2.34. The van der Waals surface area contributed by atoms with E-state index in [1.807, 2.05) is 43.3 Å². The number of amides is 1. The zero-order chi connectivity index (χ0) is 16.2. The summed E-state index contributed by atoms with van der Waals surface area (Å²) in [5.41, 5.74) is 1.36. The predicted molar refractivity (Wildman–Crippen MR) is 89.1 cm³/mol. The largest absolute Gasteiger partial charge is 0.349 e. The van der Waals surface area contributed by atoms with Gasteiger partial charge in [0.1, 0.15) is 0 Å². The van der Waals surface area contributed by atoms with Gasteiger partial charge in [-0.3, -0.25) is 9.59 Å². The molecular formula is C18H17N3O2. The summed E-state index contributed by atoms with van der Waals surface area (Å²) in [6.45, 7) is 1.94. The number of hydrogen-bond donors (Lipinski definition) is 2. The Bertz CT molecular complexity index is 887. The maximum Gasteiger partial charge on any atom is 0.272 e. The quantitative estimate of drug-likeness (QED) is 0.777. The molecule has 0 aliphatic carbocycles. The fourth-order valence-corrected chi connectivity index (χ4v) is 2.58. The van der Waals surface area contributed by atoms with E-state index < -0.39 is 0 Å². The average Bonchev–Trinajstić information content (AvgIpc) is 2.58. The molecule has 116 valence electrons. The van der Waals surface area contributed by atoms with Gasteiger partial charge in [0.25, 0.3) is 5.56 Å². The molecule has 0 fully saturated rings. The second-order valence-electron chi connectivity index (χ2n) is 5.42. The van der Waals surface area contributed by atoms with Gasteiger partial charge >= 0.3 is 0 Å². The van der Waals surface area contributed by atoms with Gasteiger partial charge < -0.3 is 5.32 Å². The van der Waals surface area contributed by atoms with Gasteiger partial charge in [0.2, 0.25) is 5.91 Å². The Morgan fingerprint density at radius 2 is 1.74 bits per heavy atom. The smallest absolute Gasteiger partial charge is 0.272 e. The normalized spacial score (nSPS) is 12.0. The van der Waals surface area contributed by atoms with Crippen LogP contribution in [-0.4, -0.2) is 16.1 Å². The van der Waals surface area contributed by atoms with Crippen LogP contribution in [0.15, 0.2) is 59.4 Å². The summed E-state index contributed by atoms with van der Waals surface area (Å²) in [5.74, 6) is -0.133. The highest BCUT2D eigenvalue weighted by Gasteiger charge is 2.13. The molecule has 0 aliphatic rings. The molecule has 1 atom stereocenters. The van der Waals surface area contributed by atoms with Crippen molar-refractivity contribution >= 4 is 16.7 Å². The van der Waals surface area contributed by atoms with Crippen LogP contribution in [0.5, 0.6) is 0 Å². The lowest BCUT2D eigenvalue weighted by atomic mass is 10.1. The Morgan fingerprint density at radius 3 is 2.48 bits per heavy atom. The molecule has 1 amide bonds. The van der Waals surface area contributed by atoms with Gasteiger partial charge in [-0.15, -0.1) is 0 Å². The van der Waals surface area contributed by atoms with Gasteiger partial charge in [-0.2, -0.15) is 5.10 Å². The van der Waals surface area contributed by atoms with Gasteiger partial charge in [-0.05, 0) is 18.6 Å². The first-order chi connectivity index (χ1) is 11.1. The molecule has 0 saturated heterocycles. The number of benzene rings is 2. The van der Waals surface area contributed by atoms with Crippen LogP contribution in [0, 0.1) is 0 Å². The van der Waals surface area contributed by atoms with Gasteiger partial charge in [0, 0.05) is 5.39 Å². The van der Waals surface area contributed by atoms with Crippen LogP contribution in [0.1, 0.15) is 24.2 Å². The molecule has 5 heteroatoms. The van der Waals surface area contributed by atoms with E-state index in [4.69, 9.17) is 0 Å². The van der Waals surface area contributed by atoms with Gasteiger partial charge in [-0.1, -0.05) is 48.5 Å². The number of aromatic nitrogens is 2. The molecule has 5 nitrogen and oxygen atoms in total. The Kier molecular flexibility index (Phi) is 4.19. The zero-order valence-electron chi connectivity index (χ0n) is 12.7. The molecule has 3 rings (SSSR count). The average molecular weight is 307 g/mol. The van der Waals surface area contributed by atoms with Crippen LogP contribution in [0.25, 0.3) is 10.8 Å². The van der Waals surface area contributed by atoms with Crippen molar-refractivity contribution in [3.05, 3.63) is 76.2 Å². The van der Waals surface area contributed by atoms with Crippen LogP contribution in [0.2, 0.25) is 0 Å². The maximum atomic E-state index is 12.3. The highest BCUT2D eigenvalue weighted by atomic mass is 16.1. The van der Waals surface area contributed by atoms with E-state index in [1.165, 1.54) is 0 Å². The van der Waals surface area contributed by atoms with E-state index in [9.17, 15) is 9.59 Å². The number of nitrogens with one attached hydrogen (secondary N) is 2. The van der Waals surface area contributed by atoms with Crippen molar-refractivity contribution in [3.8, 4) is 0 Å². The number of H-pyrrole nitrogens is 1. The summed E-state index contributed by atoms with van der Waals surface area (Å²) in [4.78, 5) is 24.0. The molecule has 0 spiro atoms. The number of aromatic amines is 1. The topological polar surface area (TPSA) is 74.8 Å². The van der Waals surface area contributed by atoms with E-state index in [0.717, 1.165) is 5.56 Å². The Hall–Kier alpha value is -2.95. The first-order valence-electron chi connectivity index (χ1n) is 7.46. The first-order valence-corrected chi connectivity index (χ1v) is 7.46. The van der Waals surface area contributed by atoms with Gasteiger partial charge in [0.05, 0.1) is 23.5 Å². The van der Waals surface area contributed by atoms with Gasteiger partial charge in [-0.25, -0.2) is 5.10 Å². The SMILES string of the molecule is CC(NC(=O)Cc1n[nH]c(=O)c2ccccc12)c1ccccc1. The zero-order valence-corrected chi connectivity index (χ0v) is 12.7. The molecular weight excluding hydrogens is 290 g/mol. The third-order valence-electron chi connectivity index (χ3n) is 3.78. The second-order valence-corrected chi connectivity index (χ2v) is 5.42. The van der Waals surface area contributed by atoms with E-state index in [0.29, 0.717) is 16.5 Å². The lowest BCUT2D eigenvalue weighted by molar-refractivity contribution is -0.121. The lowest BCUT2D eigenvalue weighted by Gasteiger charge is -2.14. The van der Waals surface area contributed by atoms with Crippen LogP contribution in [0.3, 0.4) is 0 Å². The third kappa shape index (κ3) is 3.29. The number of hydrogen-bond acceptors (Lipinski definition) is 3. The third-order valence-corrected chi connectivity index (χ3v) is 3.78. The molecule has 0 saturated carbocycles. The van der Waals surface area contributed by atoms with Crippen LogP contribution in [0.4, 0.5) is 0 Å². The van der Waals surface area contributed by atoms with Crippen molar-refractivity contribution in [1.82, 2.24) is 15.5 Å². The fraction of sp³-hybridized carbons (Fsp3) is 0.167. The van der Waals surface area contributed by atoms with Crippen LogP contribution < -0.4 is 10.9 Å². The molecule has 0 radical (unpaired) electrons. The maximum absolute atomic E-state index is 12.3. The standard InChI is InChI=1S/C18H17N3O2/c1-12(13-7-3-2-4-8-13)19-17(22)11-16-14-9-5-6-10-15(14)18(23)21-20-16/h2-10,12H,11H2,1H3,(H,19,22)(H,21,23). The molecule has 3 aromatic rings. The molecule has 1 aromatic heterocycles. The molecule has 1 heterocycles. The van der Waals surface area contributed by atoms with E-state index in [-0.39, 0.29) is 23.9 Å². The highest BCUT2D eigenvalue weighted by Crippen LogP contribution is 2.14. The lowest BCUT2D eigenvalue weighted by Crippen LogP contribution is -2.29. The van der Waals surface area contributed by atoms with E-state index in [1.54, 1.807) is 18.2 Å². The number of carbonyl (C=O) groups excluding carboxylic acids is 1. The number of nitrogens with zero attached hydrogens (tertiary/aromatic N) is 1. The minimum absolute atomic E-state index is 0.0854. The monoisotopic (exact) mass is 307 g/mol. The Balaban J connectivity index is 1.79. The van der Waals surface area contributed by atoms with Crippen molar-refractivity contribution in [2.45, 2.75) is 19.4 Å². The molecule has 2 N–H and O–H groups in total. The number of rotatable bonds is 4.